The molecule has 0 bridgehead atoms. The van der Waals surface area contributed by atoms with Gasteiger partial charge >= 0.3 is 0 Å². The Labute approximate surface area is 115 Å². The molecule has 0 radical (unpaired) electrons. The Kier molecular flexibility index (Phi) is 5.90. The van der Waals surface area contributed by atoms with Crippen LogP contribution in [0.3, 0.4) is 0 Å². The molecule has 0 saturated heterocycles. The third-order valence-electron chi connectivity index (χ3n) is 2.69. The smallest absolute Gasteiger partial charge is 0.0387 e. The lowest BCUT2D eigenvalue weighted by molar-refractivity contribution is 0.490. The van der Waals surface area contributed by atoms with E-state index >= 15 is 0 Å². The predicted octanol–water partition coefficient (Wildman–Crippen LogP) is 3.94. The van der Waals surface area contributed by atoms with E-state index in [4.69, 9.17) is 0 Å². The van der Waals surface area contributed by atoms with Gasteiger partial charge in [0.25, 0.3) is 0 Å². The van der Waals surface area contributed by atoms with E-state index in [2.05, 4.69) is 69.9 Å². The second-order valence-electron chi connectivity index (χ2n) is 5.16. The summed E-state index contributed by atoms with van der Waals surface area (Å²) in [6.07, 6.45) is 0. The zero-order valence-electron chi connectivity index (χ0n) is 11.2. The highest BCUT2D eigenvalue weighted by Crippen LogP contribution is 2.27. The maximum Gasteiger partial charge on any atom is 0.0387 e. The van der Waals surface area contributed by atoms with Crippen LogP contribution in [0.5, 0.6) is 0 Å². The van der Waals surface area contributed by atoms with Gasteiger partial charge in [-0.2, -0.15) is 12.6 Å². The topological polar surface area (TPSA) is 12.0 Å². The first-order chi connectivity index (χ1) is 7.95. The third kappa shape index (κ3) is 4.94. The van der Waals surface area contributed by atoms with Gasteiger partial charge < -0.3 is 5.32 Å². The Balaban J connectivity index is 2.72. The van der Waals surface area contributed by atoms with Gasteiger partial charge in [-0.15, -0.1) is 11.8 Å². The van der Waals surface area contributed by atoms with Crippen LogP contribution < -0.4 is 5.32 Å². The summed E-state index contributed by atoms with van der Waals surface area (Å²) in [5.74, 6) is 0.727. The Hall–Kier alpha value is -0.120. The molecule has 17 heavy (non-hydrogen) atoms. The highest BCUT2D eigenvalue weighted by atomic mass is 32.2. The molecule has 0 aliphatic heterocycles. The summed E-state index contributed by atoms with van der Waals surface area (Å²) in [7, 11) is 0. The Morgan fingerprint density at radius 1 is 1.24 bits per heavy atom. The second-order valence-corrected chi connectivity index (χ2v) is 7.13. The lowest BCUT2D eigenvalue weighted by atomic mass is 9.85. The number of benzene rings is 1. The van der Waals surface area contributed by atoms with Crippen molar-refractivity contribution in [2.24, 2.45) is 0 Å². The Morgan fingerprint density at radius 2 is 1.82 bits per heavy atom. The van der Waals surface area contributed by atoms with Crippen molar-refractivity contribution in [3.63, 3.8) is 0 Å². The summed E-state index contributed by atoms with van der Waals surface area (Å²) < 4.78 is 0. The van der Waals surface area contributed by atoms with Crippen LogP contribution >= 0.6 is 24.4 Å². The van der Waals surface area contributed by atoms with Crippen molar-refractivity contribution >= 4 is 24.4 Å². The molecule has 1 N–H and O–H groups in total. The Bertz CT molecular complexity index is 331. The maximum absolute atomic E-state index is 4.18. The molecule has 96 valence electrons. The molecule has 0 heterocycles. The molecular formula is C14H23NS2. The highest BCUT2D eigenvalue weighted by molar-refractivity contribution is 7.99. The summed E-state index contributed by atoms with van der Waals surface area (Å²) in [5.41, 5.74) is 1.53. The molecule has 0 amide bonds. The molecule has 1 rings (SSSR count). The monoisotopic (exact) mass is 269 g/mol. The van der Waals surface area contributed by atoms with Crippen molar-refractivity contribution < 1.29 is 0 Å². The minimum Gasteiger partial charge on any atom is -0.307 e. The molecule has 0 aliphatic rings. The number of hydrogen-bond acceptors (Lipinski definition) is 3. The minimum atomic E-state index is 0.157. The van der Waals surface area contributed by atoms with Gasteiger partial charge in [0.2, 0.25) is 0 Å². The number of hydrogen-bond donors (Lipinski definition) is 2. The molecule has 1 aromatic carbocycles. The average Bonchev–Trinajstić information content (AvgIpc) is 2.26. The fourth-order valence-corrected chi connectivity index (χ4v) is 2.68. The highest BCUT2D eigenvalue weighted by Gasteiger charge is 2.19. The normalized spacial score (nSPS) is 12.1. The summed E-state index contributed by atoms with van der Waals surface area (Å²) in [6, 6.07) is 8.93. The molecule has 1 aromatic rings. The first-order valence-electron chi connectivity index (χ1n) is 6.04. The van der Waals surface area contributed by atoms with E-state index in [1.165, 1.54) is 10.5 Å². The molecule has 0 saturated carbocycles. The van der Waals surface area contributed by atoms with E-state index in [1.807, 2.05) is 11.8 Å². The van der Waals surface area contributed by atoms with E-state index < -0.39 is 0 Å². The molecule has 0 atom stereocenters. The first kappa shape index (κ1) is 14.9. The molecule has 0 fully saturated rings. The van der Waals surface area contributed by atoms with Crippen LogP contribution in [0.4, 0.5) is 0 Å². The summed E-state index contributed by atoms with van der Waals surface area (Å²) in [6.45, 7) is 9.91. The molecule has 0 aromatic heterocycles. The van der Waals surface area contributed by atoms with Crippen LogP contribution in [-0.4, -0.2) is 17.7 Å². The lowest BCUT2D eigenvalue weighted by Crippen LogP contribution is -2.32. The van der Waals surface area contributed by atoms with Gasteiger partial charge in [0.15, 0.2) is 0 Å². The molecule has 0 aliphatic carbocycles. The number of thioether (sulfide) groups is 1. The fourth-order valence-electron chi connectivity index (χ4n) is 1.73. The fraction of sp³-hybridized carbons (Fsp3) is 0.571. The van der Waals surface area contributed by atoms with E-state index in [0.717, 1.165) is 12.4 Å². The van der Waals surface area contributed by atoms with Gasteiger partial charge in [-0.05, 0) is 17.7 Å². The van der Waals surface area contributed by atoms with Crippen molar-refractivity contribution in [1.29, 1.82) is 0 Å². The molecule has 1 nitrogen and oxygen atoms in total. The van der Waals surface area contributed by atoms with Gasteiger partial charge in [-0.3, -0.25) is 0 Å². The predicted molar refractivity (Wildman–Crippen MR) is 82.3 cm³/mol. The van der Waals surface area contributed by atoms with Crippen LogP contribution in [0, 0.1) is 0 Å². The van der Waals surface area contributed by atoms with E-state index in [-0.39, 0.29) is 5.41 Å². The van der Waals surface area contributed by atoms with Gasteiger partial charge in [0.1, 0.15) is 0 Å². The summed E-state index contributed by atoms with van der Waals surface area (Å²) in [5, 5.41) is 3.93. The van der Waals surface area contributed by atoms with E-state index in [0.29, 0.717) is 5.25 Å². The largest absolute Gasteiger partial charge is 0.307 e. The van der Waals surface area contributed by atoms with Crippen molar-refractivity contribution in [2.45, 2.75) is 43.3 Å². The van der Waals surface area contributed by atoms with Gasteiger partial charge in [-0.1, -0.05) is 39.8 Å². The first-order valence-corrected chi connectivity index (χ1v) is 7.55. The number of nitrogens with one attached hydrogen (secondary N) is 1. The van der Waals surface area contributed by atoms with Crippen LogP contribution in [0.25, 0.3) is 0 Å². The standard InChI is InChI=1S/C14H23NS2/c1-11(2)17-13-7-5-12(6-8-13)14(3,4)9-15-10-16/h5-8,11,15-16H,9-10H2,1-4H3. The minimum absolute atomic E-state index is 0.157. The average molecular weight is 269 g/mol. The SMILES string of the molecule is CC(C)Sc1ccc(C(C)(C)CNCS)cc1. The van der Waals surface area contributed by atoms with Crippen LogP contribution in [0.1, 0.15) is 33.3 Å². The second kappa shape index (κ2) is 6.72. The van der Waals surface area contributed by atoms with Gasteiger partial charge in [0.05, 0.1) is 0 Å². The van der Waals surface area contributed by atoms with Crippen molar-refractivity contribution in [1.82, 2.24) is 5.32 Å². The number of thiol groups is 1. The van der Waals surface area contributed by atoms with Crippen LogP contribution in [-0.2, 0) is 5.41 Å². The Morgan fingerprint density at radius 3 is 2.29 bits per heavy atom. The van der Waals surface area contributed by atoms with Gasteiger partial charge in [0, 0.05) is 28.0 Å². The summed E-state index contributed by atoms with van der Waals surface area (Å²) >= 11 is 6.09. The van der Waals surface area contributed by atoms with E-state index in [9.17, 15) is 0 Å². The summed E-state index contributed by atoms with van der Waals surface area (Å²) in [4.78, 5) is 1.35. The molecule has 3 heteroatoms. The number of rotatable bonds is 6. The molecular weight excluding hydrogens is 246 g/mol. The van der Waals surface area contributed by atoms with Crippen molar-refractivity contribution in [3.05, 3.63) is 29.8 Å². The van der Waals surface area contributed by atoms with Crippen LogP contribution in [0.2, 0.25) is 0 Å². The van der Waals surface area contributed by atoms with E-state index in [1.54, 1.807) is 0 Å². The molecule has 0 spiro atoms. The molecule has 0 unspecified atom stereocenters. The quantitative estimate of drug-likeness (QED) is 0.461. The van der Waals surface area contributed by atoms with Crippen LogP contribution in [0.15, 0.2) is 29.2 Å². The van der Waals surface area contributed by atoms with Crippen molar-refractivity contribution in [3.8, 4) is 0 Å². The zero-order valence-corrected chi connectivity index (χ0v) is 12.9. The van der Waals surface area contributed by atoms with Gasteiger partial charge in [-0.25, -0.2) is 0 Å². The maximum atomic E-state index is 4.18. The third-order valence-corrected chi connectivity index (χ3v) is 3.93. The zero-order chi connectivity index (χ0) is 12.9. The lowest BCUT2D eigenvalue weighted by Gasteiger charge is -2.25. The van der Waals surface area contributed by atoms with Crippen molar-refractivity contribution in [2.75, 3.05) is 12.4 Å².